The molecular weight excluding hydrogens is 272 g/mol. The summed E-state index contributed by atoms with van der Waals surface area (Å²) in [7, 11) is 0. The Morgan fingerprint density at radius 1 is 1.05 bits per heavy atom. The Hall–Kier alpha value is -2.68. The summed E-state index contributed by atoms with van der Waals surface area (Å²) in [5.41, 5.74) is 1.80. The number of nitrogens with one attached hydrogen (secondary N) is 1. The number of hydrogen-bond acceptors (Lipinski definition) is 2. The first-order valence-electron chi connectivity index (χ1n) is 7.48. The van der Waals surface area contributed by atoms with Crippen molar-refractivity contribution in [3.05, 3.63) is 72.6 Å². The van der Waals surface area contributed by atoms with E-state index in [1.807, 2.05) is 61.5 Å². The van der Waals surface area contributed by atoms with Crippen molar-refractivity contribution in [2.45, 2.75) is 19.3 Å². The molecule has 0 aliphatic heterocycles. The van der Waals surface area contributed by atoms with E-state index in [-0.39, 0.29) is 11.8 Å². The number of rotatable bonds is 4. The fraction of sp³-hybridized carbons (Fsp3) is 0.158. The summed E-state index contributed by atoms with van der Waals surface area (Å²) in [6, 6.07) is 17.8. The molecule has 0 bridgehead atoms. The minimum atomic E-state index is -0.153. The van der Waals surface area contributed by atoms with Gasteiger partial charge in [-0.25, -0.2) is 0 Å². The highest BCUT2D eigenvalue weighted by Crippen LogP contribution is 2.25. The van der Waals surface area contributed by atoms with Crippen LogP contribution in [0.2, 0.25) is 0 Å². The molecule has 22 heavy (non-hydrogen) atoms. The maximum atomic E-state index is 12.6. The number of aromatic nitrogens is 1. The van der Waals surface area contributed by atoms with Gasteiger partial charge in [-0.05, 0) is 12.0 Å². The van der Waals surface area contributed by atoms with E-state index in [1.54, 1.807) is 12.4 Å². The molecule has 110 valence electrons. The van der Waals surface area contributed by atoms with E-state index in [4.69, 9.17) is 0 Å². The third kappa shape index (κ3) is 2.84. The lowest BCUT2D eigenvalue weighted by atomic mass is 9.95. The van der Waals surface area contributed by atoms with Gasteiger partial charge in [-0.15, -0.1) is 0 Å². The van der Waals surface area contributed by atoms with Crippen LogP contribution in [0, 0.1) is 0 Å². The zero-order valence-corrected chi connectivity index (χ0v) is 12.5. The van der Waals surface area contributed by atoms with Gasteiger partial charge < -0.3 is 5.32 Å². The minimum absolute atomic E-state index is 0.00635. The fourth-order valence-corrected chi connectivity index (χ4v) is 2.69. The highest BCUT2D eigenvalue weighted by atomic mass is 16.1. The maximum Gasteiger partial charge on any atom is 0.231 e. The van der Waals surface area contributed by atoms with Crippen LogP contribution in [-0.4, -0.2) is 10.9 Å². The Balaban J connectivity index is 1.89. The number of benzene rings is 2. The van der Waals surface area contributed by atoms with Gasteiger partial charge in [0.1, 0.15) is 0 Å². The molecule has 3 heteroatoms. The number of anilines is 1. The van der Waals surface area contributed by atoms with E-state index in [9.17, 15) is 4.79 Å². The van der Waals surface area contributed by atoms with Crippen molar-refractivity contribution in [1.82, 2.24) is 4.98 Å². The molecule has 0 spiro atoms. The van der Waals surface area contributed by atoms with E-state index < -0.39 is 0 Å². The molecule has 3 aromatic rings. The summed E-state index contributed by atoms with van der Waals surface area (Å²) < 4.78 is 0. The van der Waals surface area contributed by atoms with Gasteiger partial charge in [-0.3, -0.25) is 9.78 Å². The van der Waals surface area contributed by atoms with Crippen molar-refractivity contribution in [3.8, 4) is 0 Å². The molecule has 3 rings (SSSR count). The molecule has 1 aromatic heterocycles. The molecule has 0 radical (unpaired) electrons. The second kappa shape index (κ2) is 6.39. The Bertz CT molecular complexity index is 778. The number of carbonyl (C=O) groups excluding carboxylic acids is 1. The second-order valence-electron chi connectivity index (χ2n) is 5.27. The highest BCUT2D eigenvalue weighted by molar-refractivity contribution is 6.03. The number of carbonyl (C=O) groups is 1. The molecule has 1 N–H and O–H groups in total. The number of pyridine rings is 1. The molecular formula is C19H18N2O. The molecule has 0 saturated carbocycles. The van der Waals surface area contributed by atoms with Gasteiger partial charge in [-0.2, -0.15) is 0 Å². The largest absolute Gasteiger partial charge is 0.324 e. The van der Waals surface area contributed by atoms with Crippen LogP contribution in [0.15, 0.2) is 67.0 Å². The molecule has 0 saturated heterocycles. The predicted octanol–water partition coefficient (Wildman–Crippen LogP) is 4.37. The lowest BCUT2D eigenvalue weighted by Gasteiger charge is -2.16. The quantitative estimate of drug-likeness (QED) is 0.775. The van der Waals surface area contributed by atoms with Gasteiger partial charge in [-0.1, -0.05) is 61.5 Å². The molecule has 1 heterocycles. The van der Waals surface area contributed by atoms with Crippen molar-refractivity contribution in [2.24, 2.45) is 0 Å². The summed E-state index contributed by atoms with van der Waals surface area (Å²) in [5, 5.41) is 5.06. The Morgan fingerprint density at radius 3 is 2.55 bits per heavy atom. The molecule has 0 aliphatic rings. The summed E-state index contributed by atoms with van der Waals surface area (Å²) in [5.74, 6) is -0.146. The molecule has 1 amide bonds. The van der Waals surface area contributed by atoms with Crippen LogP contribution in [0.4, 0.5) is 5.69 Å². The van der Waals surface area contributed by atoms with Crippen molar-refractivity contribution in [3.63, 3.8) is 0 Å². The van der Waals surface area contributed by atoms with Crippen LogP contribution in [0.5, 0.6) is 0 Å². The van der Waals surface area contributed by atoms with Crippen molar-refractivity contribution >= 4 is 22.4 Å². The van der Waals surface area contributed by atoms with Gasteiger partial charge in [0.2, 0.25) is 5.91 Å². The van der Waals surface area contributed by atoms with Crippen LogP contribution in [-0.2, 0) is 4.79 Å². The first-order chi connectivity index (χ1) is 10.8. The lowest BCUT2D eigenvalue weighted by molar-refractivity contribution is -0.117. The molecule has 0 fully saturated rings. The van der Waals surface area contributed by atoms with Crippen LogP contribution in [0.25, 0.3) is 10.8 Å². The van der Waals surface area contributed by atoms with Crippen molar-refractivity contribution in [1.29, 1.82) is 0 Å². The number of hydrogen-bond donors (Lipinski definition) is 1. The van der Waals surface area contributed by atoms with Crippen LogP contribution in [0.3, 0.4) is 0 Å². The summed E-state index contributed by atoms with van der Waals surface area (Å²) in [6.45, 7) is 2.03. The molecule has 1 atom stereocenters. The smallest absolute Gasteiger partial charge is 0.231 e. The zero-order chi connectivity index (χ0) is 15.4. The molecule has 3 nitrogen and oxygen atoms in total. The summed E-state index contributed by atoms with van der Waals surface area (Å²) in [4.78, 5) is 16.9. The average molecular weight is 290 g/mol. The number of amides is 1. The van der Waals surface area contributed by atoms with Gasteiger partial charge in [0.15, 0.2) is 0 Å². The first kappa shape index (κ1) is 14.3. The van der Waals surface area contributed by atoms with Crippen molar-refractivity contribution < 1.29 is 4.79 Å². The van der Waals surface area contributed by atoms with Gasteiger partial charge in [0, 0.05) is 17.0 Å². The second-order valence-corrected chi connectivity index (χ2v) is 5.27. The van der Waals surface area contributed by atoms with Crippen LogP contribution < -0.4 is 5.32 Å². The zero-order valence-electron chi connectivity index (χ0n) is 12.5. The van der Waals surface area contributed by atoms with E-state index in [0.717, 1.165) is 28.4 Å². The summed E-state index contributed by atoms with van der Waals surface area (Å²) in [6.07, 6.45) is 4.27. The van der Waals surface area contributed by atoms with E-state index in [0.29, 0.717) is 0 Å². The molecule has 2 aromatic carbocycles. The lowest BCUT2D eigenvalue weighted by Crippen LogP contribution is -2.20. The van der Waals surface area contributed by atoms with Crippen LogP contribution >= 0.6 is 0 Å². The minimum Gasteiger partial charge on any atom is -0.324 e. The van der Waals surface area contributed by atoms with Gasteiger partial charge >= 0.3 is 0 Å². The Kier molecular flexibility index (Phi) is 4.15. The summed E-state index contributed by atoms with van der Waals surface area (Å²) >= 11 is 0. The normalized spacial score (nSPS) is 12.0. The fourth-order valence-electron chi connectivity index (χ4n) is 2.69. The number of nitrogens with zero attached hydrogens (tertiary/aromatic N) is 1. The topological polar surface area (TPSA) is 42.0 Å². The SMILES string of the molecule is CCC(C(=O)Nc1cncc2ccccc12)c1ccccc1. The average Bonchev–Trinajstić information content (AvgIpc) is 2.57. The molecule has 0 aliphatic carbocycles. The standard InChI is InChI=1S/C19H18N2O/c1-2-16(14-8-4-3-5-9-14)19(22)21-18-13-20-12-15-10-6-7-11-17(15)18/h3-13,16H,2H2,1H3,(H,21,22). The van der Waals surface area contributed by atoms with Gasteiger partial charge in [0.05, 0.1) is 17.8 Å². The highest BCUT2D eigenvalue weighted by Gasteiger charge is 2.19. The maximum absolute atomic E-state index is 12.6. The third-order valence-electron chi connectivity index (χ3n) is 3.85. The van der Waals surface area contributed by atoms with E-state index >= 15 is 0 Å². The predicted molar refractivity (Wildman–Crippen MR) is 89.8 cm³/mol. The van der Waals surface area contributed by atoms with Crippen LogP contribution in [0.1, 0.15) is 24.8 Å². The Labute approximate surface area is 130 Å². The Morgan fingerprint density at radius 2 is 1.77 bits per heavy atom. The van der Waals surface area contributed by atoms with Crippen molar-refractivity contribution in [2.75, 3.05) is 5.32 Å². The van der Waals surface area contributed by atoms with E-state index in [2.05, 4.69) is 10.3 Å². The monoisotopic (exact) mass is 290 g/mol. The first-order valence-corrected chi connectivity index (χ1v) is 7.48. The number of fused-ring (bicyclic) bond motifs is 1. The van der Waals surface area contributed by atoms with Gasteiger partial charge in [0.25, 0.3) is 0 Å². The molecule has 1 unspecified atom stereocenters. The third-order valence-corrected chi connectivity index (χ3v) is 3.85. The van der Waals surface area contributed by atoms with E-state index in [1.165, 1.54) is 0 Å².